The fourth-order valence-electron chi connectivity index (χ4n) is 3.15. The fraction of sp³-hybridized carbons (Fsp3) is 0.333. The number of fused-ring (bicyclic) bond motifs is 1. The molecule has 25 heavy (non-hydrogen) atoms. The predicted octanol–water partition coefficient (Wildman–Crippen LogP) is 1.70. The Morgan fingerprint density at radius 2 is 2.08 bits per heavy atom. The van der Waals surface area contributed by atoms with Crippen LogP contribution in [0.1, 0.15) is 17.9 Å². The van der Waals surface area contributed by atoms with Crippen LogP contribution in [0.2, 0.25) is 0 Å². The summed E-state index contributed by atoms with van der Waals surface area (Å²) in [7, 11) is 1.85. The molecule has 1 aliphatic carbocycles. The summed E-state index contributed by atoms with van der Waals surface area (Å²) in [5.41, 5.74) is 2.03. The summed E-state index contributed by atoms with van der Waals surface area (Å²) < 4.78 is 1.71. The van der Waals surface area contributed by atoms with Crippen molar-refractivity contribution in [3.05, 3.63) is 48.4 Å². The number of nitrogens with one attached hydrogen (secondary N) is 2. The highest BCUT2D eigenvalue weighted by molar-refractivity contribution is 5.86. The lowest BCUT2D eigenvalue weighted by Crippen LogP contribution is -2.30. The molecule has 0 radical (unpaired) electrons. The number of rotatable bonds is 6. The van der Waals surface area contributed by atoms with Gasteiger partial charge in [0.05, 0.1) is 11.6 Å². The first-order valence-electron chi connectivity index (χ1n) is 8.43. The van der Waals surface area contributed by atoms with Crippen molar-refractivity contribution in [2.75, 3.05) is 18.4 Å². The van der Waals surface area contributed by atoms with Crippen LogP contribution in [0.15, 0.2) is 42.9 Å². The molecule has 2 N–H and O–H groups in total. The smallest absolute Gasteiger partial charge is 0.223 e. The first kappa shape index (κ1) is 15.6. The van der Waals surface area contributed by atoms with E-state index < -0.39 is 0 Å². The quantitative estimate of drug-likeness (QED) is 0.669. The number of anilines is 1. The Morgan fingerprint density at radius 1 is 1.24 bits per heavy atom. The van der Waals surface area contributed by atoms with E-state index in [-0.39, 0.29) is 11.8 Å². The summed E-state index contributed by atoms with van der Waals surface area (Å²) in [6.07, 6.45) is 4.19. The van der Waals surface area contributed by atoms with Gasteiger partial charge < -0.3 is 10.6 Å². The minimum atomic E-state index is 0.103. The predicted molar refractivity (Wildman–Crippen MR) is 95.1 cm³/mol. The van der Waals surface area contributed by atoms with Crippen molar-refractivity contribution in [1.82, 2.24) is 25.1 Å². The summed E-state index contributed by atoms with van der Waals surface area (Å²) in [6.45, 7) is 1.16. The number of hydrogen-bond acceptors (Lipinski definition) is 5. The number of carbonyl (C=O) groups is 1. The summed E-state index contributed by atoms with van der Waals surface area (Å²) in [5.74, 6) is 1.34. The van der Waals surface area contributed by atoms with Crippen LogP contribution in [0.3, 0.4) is 0 Å². The van der Waals surface area contributed by atoms with E-state index in [1.54, 1.807) is 10.9 Å². The monoisotopic (exact) mass is 336 g/mol. The van der Waals surface area contributed by atoms with Crippen molar-refractivity contribution >= 4 is 22.8 Å². The van der Waals surface area contributed by atoms with E-state index in [0.29, 0.717) is 19.0 Å². The molecule has 0 aliphatic heterocycles. The maximum absolute atomic E-state index is 12.2. The van der Waals surface area contributed by atoms with Gasteiger partial charge in [-0.2, -0.15) is 5.10 Å². The maximum Gasteiger partial charge on any atom is 0.223 e. The third kappa shape index (κ3) is 3.17. The number of nitrogens with zero attached hydrogens (tertiary/aromatic N) is 4. The third-order valence-corrected chi connectivity index (χ3v) is 4.60. The van der Waals surface area contributed by atoms with E-state index in [9.17, 15) is 4.79 Å². The van der Waals surface area contributed by atoms with E-state index >= 15 is 0 Å². The number of benzene rings is 1. The molecular formula is C18H20N6O. The van der Waals surface area contributed by atoms with E-state index in [1.165, 1.54) is 11.9 Å². The zero-order chi connectivity index (χ0) is 17.2. The molecule has 2 heterocycles. The van der Waals surface area contributed by atoms with Crippen molar-refractivity contribution in [1.29, 1.82) is 0 Å². The first-order valence-corrected chi connectivity index (χ1v) is 8.43. The third-order valence-electron chi connectivity index (χ3n) is 4.60. The number of hydrogen-bond donors (Lipinski definition) is 2. The SMILES string of the molecule is Cn1ncc2c(NCCNC(=O)[C@H]3C[C@@H]3c3ccccc3)ncnc21. The average Bonchev–Trinajstić information content (AvgIpc) is 3.37. The Bertz CT molecular complexity index is 891. The Labute approximate surface area is 145 Å². The van der Waals surface area contributed by atoms with E-state index in [4.69, 9.17) is 0 Å². The fourth-order valence-corrected chi connectivity index (χ4v) is 3.15. The molecule has 0 bridgehead atoms. The molecule has 3 aromatic rings. The highest BCUT2D eigenvalue weighted by Gasteiger charge is 2.43. The van der Waals surface area contributed by atoms with Crippen molar-refractivity contribution < 1.29 is 4.79 Å². The minimum Gasteiger partial charge on any atom is -0.368 e. The topological polar surface area (TPSA) is 84.7 Å². The Morgan fingerprint density at radius 3 is 2.92 bits per heavy atom. The van der Waals surface area contributed by atoms with E-state index in [2.05, 4.69) is 37.8 Å². The molecule has 2 aromatic heterocycles. The molecule has 0 unspecified atom stereocenters. The second kappa shape index (κ2) is 6.51. The zero-order valence-electron chi connectivity index (χ0n) is 14.0. The summed E-state index contributed by atoms with van der Waals surface area (Å²) >= 11 is 0. The van der Waals surface area contributed by atoms with Gasteiger partial charge in [0.25, 0.3) is 0 Å². The Kier molecular flexibility index (Phi) is 4.05. The van der Waals surface area contributed by atoms with Gasteiger partial charge in [0.2, 0.25) is 5.91 Å². The minimum absolute atomic E-state index is 0.103. The molecule has 0 spiro atoms. The maximum atomic E-state index is 12.2. The molecule has 0 saturated heterocycles. The van der Waals surface area contributed by atoms with Gasteiger partial charge >= 0.3 is 0 Å². The van der Waals surface area contributed by atoms with Crippen LogP contribution < -0.4 is 10.6 Å². The van der Waals surface area contributed by atoms with E-state index in [0.717, 1.165) is 23.3 Å². The summed E-state index contributed by atoms with van der Waals surface area (Å²) in [6, 6.07) is 10.2. The lowest BCUT2D eigenvalue weighted by molar-refractivity contribution is -0.122. The second-order valence-electron chi connectivity index (χ2n) is 6.30. The van der Waals surface area contributed by atoms with Gasteiger partial charge in [-0.3, -0.25) is 9.48 Å². The van der Waals surface area contributed by atoms with Crippen molar-refractivity contribution in [2.45, 2.75) is 12.3 Å². The van der Waals surface area contributed by atoms with Crippen molar-refractivity contribution in [3.63, 3.8) is 0 Å². The summed E-state index contributed by atoms with van der Waals surface area (Å²) in [5, 5.41) is 11.3. The molecule has 1 amide bonds. The number of amides is 1. The number of carbonyl (C=O) groups excluding carboxylic acids is 1. The van der Waals surface area contributed by atoms with Crippen molar-refractivity contribution in [3.8, 4) is 0 Å². The number of aromatic nitrogens is 4. The lowest BCUT2D eigenvalue weighted by atomic mass is 10.1. The van der Waals surface area contributed by atoms with Crippen LogP contribution in [-0.2, 0) is 11.8 Å². The highest BCUT2D eigenvalue weighted by Crippen LogP contribution is 2.47. The van der Waals surface area contributed by atoms with E-state index in [1.807, 2.05) is 25.2 Å². The standard InChI is InChI=1S/C18H20N6O/c1-24-17-15(10-23-24)16(21-11-22-17)19-7-8-20-18(25)14-9-13(14)12-5-3-2-4-6-12/h2-6,10-11,13-14H,7-9H2,1H3,(H,20,25)(H,19,21,22)/t13-,14+/m1/s1. The van der Waals surface area contributed by atoms with Crippen LogP contribution in [0, 0.1) is 5.92 Å². The van der Waals surface area contributed by atoms with Gasteiger partial charge in [-0.15, -0.1) is 0 Å². The van der Waals surface area contributed by atoms with Gasteiger partial charge in [-0.1, -0.05) is 30.3 Å². The van der Waals surface area contributed by atoms with Gasteiger partial charge in [0, 0.05) is 26.1 Å². The van der Waals surface area contributed by atoms with Crippen LogP contribution >= 0.6 is 0 Å². The molecule has 4 rings (SSSR count). The molecular weight excluding hydrogens is 316 g/mol. The van der Waals surface area contributed by atoms with Crippen LogP contribution in [0.4, 0.5) is 5.82 Å². The second-order valence-corrected chi connectivity index (χ2v) is 6.30. The average molecular weight is 336 g/mol. The Balaban J connectivity index is 1.26. The van der Waals surface area contributed by atoms with Crippen molar-refractivity contribution in [2.24, 2.45) is 13.0 Å². The normalized spacial score (nSPS) is 18.9. The van der Waals surface area contributed by atoms with Crippen LogP contribution in [0.5, 0.6) is 0 Å². The molecule has 7 nitrogen and oxygen atoms in total. The van der Waals surface area contributed by atoms with Crippen LogP contribution in [-0.4, -0.2) is 38.7 Å². The molecule has 1 fully saturated rings. The van der Waals surface area contributed by atoms with Crippen LogP contribution in [0.25, 0.3) is 11.0 Å². The highest BCUT2D eigenvalue weighted by atomic mass is 16.2. The molecule has 128 valence electrons. The van der Waals surface area contributed by atoms with Gasteiger partial charge in [-0.25, -0.2) is 9.97 Å². The zero-order valence-corrected chi connectivity index (χ0v) is 14.0. The summed E-state index contributed by atoms with van der Waals surface area (Å²) in [4.78, 5) is 20.7. The first-order chi connectivity index (χ1) is 12.2. The van der Waals surface area contributed by atoms with Gasteiger partial charge in [0.15, 0.2) is 5.65 Å². The lowest BCUT2D eigenvalue weighted by Gasteiger charge is -2.08. The largest absolute Gasteiger partial charge is 0.368 e. The Hall–Kier alpha value is -2.96. The molecule has 1 aliphatic rings. The number of aryl methyl sites for hydroxylation is 1. The molecule has 1 aromatic carbocycles. The van der Waals surface area contributed by atoms with Gasteiger partial charge in [0.1, 0.15) is 12.1 Å². The molecule has 2 atom stereocenters. The molecule has 7 heteroatoms. The van der Waals surface area contributed by atoms with Gasteiger partial charge in [-0.05, 0) is 17.9 Å². The molecule has 1 saturated carbocycles.